The van der Waals surface area contributed by atoms with Crippen LogP contribution in [0.25, 0.3) is 11.0 Å². The Balaban J connectivity index is 1.29. The third-order valence-corrected chi connectivity index (χ3v) is 5.91. The predicted molar refractivity (Wildman–Crippen MR) is 113 cm³/mol. The fourth-order valence-electron chi connectivity index (χ4n) is 4.46. The summed E-state index contributed by atoms with van der Waals surface area (Å²) in [4.78, 5) is 9.85. The van der Waals surface area contributed by atoms with Crippen LogP contribution < -0.4 is 0 Å². The molecule has 1 aliphatic heterocycles. The van der Waals surface area contributed by atoms with E-state index in [1.165, 1.54) is 24.2 Å². The van der Waals surface area contributed by atoms with E-state index in [0.717, 1.165) is 62.2 Å². The fourth-order valence-corrected chi connectivity index (χ4v) is 4.46. The minimum atomic E-state index is 0.763. The first kappa shape index (κ1) is 19.2. The monoisotopic (exact) mass is 380 g/mol. The molecule has 0 N–H and O–H groups in total. The zero-order valence-corrected chi connectivity index (χ0v) is 17.4. The molecule has 4 rings (SSSR count). The molecule has 28 heavy (non-hydrogen) atoms. The Hall–Kier alpha value is -2.11. The maximum absolute atomic E-state index is 5.73. The Morgan fingerprint density at radius 3 is 2.64 bits per heavy atom. The Bertz CT molecular complexity index is 904. The summed E-state index contributed by atoms with van der Waals surface area (Å²) in [5.74, 6) is 4.03. The zero-order valence-electron chi connectivity index (χ0n) is 17.4. The van der Waals surface area contributed by atoms with Crippen molar-refractivity contribution in [3.63, 3.8) is 0 Å². The quantitative estimate of drug-likeness (QED) is 0.612. The lowest BCUT2D eigenvalue weighted by Gasteiger charge is -2.33. The van der Waals surface area contributed by atoms with Gasteiger partial charge in [0.15, 0.2) is 0 Å². The Labute approximate surface area is 167 Å². The molecule has 1 aliphatic rings. The number of piperidine rings is 1. The Morgan fingerprint density at radius 2 is 1.93 bits per heavy atom. The number of para-hydroxylation sites is 2. The largest absolute Gasteiger partial charge is 0.465 e. The number of nitrogens with zero attached hydrogens (tertiary/aromatic N) is 4. The number of aromatic nitrogens is 2. The van der Waals surface area contributed by atoms with Crippen molar-refractivity contribution in [1.82, 2.24) is 19.4 Å². The third-order valence-electron chi connectivity index (χ3n) is 5.91. The highest BCUT2D eigenvalue weighted by Gasteiger charge is 2.22. The number of likely N-dealkylation sites (tertiary alicyclic amines) is 1. The summed E-state index contributed by atoms with van der Waals surface area (Å²) in [6.45, 7) is 10.5. The van der Waals surface area contributed by atoms with E-state index < -0.39 is 0 Å². The molecule has 1 saturated heterocycles. The van der Waals surface area contributed by atoms with Crippen LogP contribution >= 0.6 is 0 Å². The SMILES string of the molecule is CCn1c(CN(C)CC2CCN(Cc3ccc(C)o3)CC2)nc2ccccc21. The normalized spacial score (nSPS) is 16.4. The first-order chi connectivity index (χ1) is 13.6. The van der Waals surface area contributed by atoms with Crippen LogP contribution in [0.15, 0.2) is 40.8 Å². The van der Waals surface area contributed by atoms with Crippen molar-refractivity contribution in [2.75, 3.05) is 26.7 Å². The van der Waals surface area contributed by atoms with Gasteiger partial charge in [0.25, 0.3) is 0 Å². The number of imidazole rings is 1. The van der Waals surface area contributed by atoms with Gasteiger partial charge in [-0.3, -0.25) is 9.80 Å². The summed E-state index contributed by atoms with van der Waals surface area (Å²) in [5.41, 5.74) is 2.35. The van der Waals surface area contributed by atoms with Crippen LogP contribution in [-0.4, -0.2) is 46.0 Å². The van der Waals surface area contributed by atoms with Gasteiger partial charge in [0.1, 0.15) is 17.3 Å². The van der Waals surface area contributed by atoms with E-state index in [0.29, 0.717) is 0 Å². The van der Waals surface area contributed by atoms with Gasteiger partial charge in [-0.2, -0.15) is 0 Å². The van der Waals surface area contributed by atoms with Crippen LogP contribution in [0, 0.1) is 12.8 Å². The zero-order chi connectivity index (χ0) is 19.5. The highest BCUT2D eigenvalue weighted by atomic mass is 16.3. The van der Waals surface area contributed by atoms with Crippen molar-refractivity contribution in [3.8, 4) is 0 Å². The third kappa shape index (κ3) is 4.31. The van der Waals surface area contributed by atoms with Crippen LogP contribution in [-0.2, 0) is 19.6 Å². The van der Waals surface area contributed by atoms with E-state index in [-0.39, 0.29) is 0 Å². The fraction of sp³-hybridized carbons (Fsp3) is 0.522. The molecule has 3 heterocycles. The average Bonchev–Trinajstić information content (AvgIpc) is 3.25. The van der Waals surface area contributed by atoms with Crippen molar-refractivity contribution in [2.24, 2.45) is 5.92 Å². The summed E-state index contributed by atoms with van der Waals surface area (Å²) in [6, 6.07) is 12.6. The Morgan fingerprint density at radius 1 is 1.14 bits per heavy atom. The van der Waals surface area contributed by atoms with E-state index in [1.54, 1.807) is 0 Å². The minimum absolute atomic E-state index is 0.763. The van der Waals surface area contributed by atoms with Gasteiger partial charge in [-0.1, -0.05) is 12.1 Å². The van der Waals surface area contributed by atoms with Gasteiger partial charge in [-0.15, -0.1) is 0 Å². The molecule has 5 heteroatoms. The summed E-state index contributed by atoms with van der Waals surface area (Å²) in [5, 5.41) is 0. The molecule has 0 bridgehead atoms. The average molecular weight is 381 g/mol. The lowest BCUT2D eigenvalue weighted by Crippen LogP contribution is -2.37. The molecule has 1 fully saturated rings. The van der Waals surface area contributed by atoms with Crippen molar-refractivity contribution < 1.29 is 4.42 Å². The number of hydrogen-bond donors (Lipinski definition) is 0. The highest BCUT2D eigenvalue weighted by molar-refractivity contribution is 5.75. The second kappa shape index (κ2) is 8.50. The number of fused-ring (bicyclic) bond motifs is 1. The van der Waals surface area contributed by atoms with Crippen molar-refractivity contribution in [2.45, 2.75) is 46.3 Å². The second-order valence-electron chi connectivity index (χ2n) is 8.19. The Kier molecular flexibility index (Phi) is 5.83. The van der Waals surface area contributed by atoms with Crippen LogP contribution in [0.4, 0.5) is 0 Å². The molecule has 2 aromatic heterocycles. The molecule has 0 spiro atoms. The number of hydrogen-bond acceptors (Lipinski definition) is 4. The lowest BCUT2D eigenvalue weighted by atomic mass is 9.96. The maximum atomic E-state index is 5.73. The first-order valence-electron chi connectivity index (χ1n) is 10.5. The predicted octanol–water partition coefficient (Wildman–Crippen LogP) is 4.30. The molecule has 0 atom stereocenters. The highest BCUT2D eigenvalue weighted by Crippen LogP contribution is 2.22. The number of furan rings is 1. The van der Waals surface area contributed by atoms with E-state index in [9.17, 15) is 0 Å². The second-order valence-corrected chi connectivity index (χ2v) is 8.19. The first-order valence-corrected chi connectivity index (χ1v) is 10.5. The molecule has 3 aromatic rings. The van der Waals surface area contributed by atoms with Gasteiger partial charge < -0.3 is 8.98 Å². The van der Waals surface area contributed by atoms with Gasteiger partial charge in [0, 0.05) is 13.1 Å². The summed E-state index contributed by atoms with van der Waals surface area (Å²) >= 11 is 0. The topological polar surface area (TPSA) is 37.4 Å². The molecular weight excluding hydrogens is 348 g/mol. The summed E-state index contributed by atoms with van der Waals surface area (Å²) in [6.07, 6.45) is 2.52. The standard InChI is InChI=1S/C23H32N4O/c1-4-27-22-8-6-5-7-21(22)24-23(27)17-25(3)15-19-11-13-26(14-12-19)16-20-10-9-18(2)28-20/h5-10,19H,4,11-17H2,1-3H3. The molecule has 0 saturated carbocycles. The molecular formula is C23H32N4O. The molecule has 0 amide bonds. The van der Waals surface area contributed by atoms with Gasteiger partial charge in [0.2, 0.25) is 0 Å². The smallest absolute Gasteiger partial charge is 0.124 e. The van der Waals surface area contributed by atoms with Crippen molar-refractivity contribution >= 4 is 11.0 Å². The molecule has 0 unspecified atom stereocenters. The number of aryl methyl sites for hydroxylation is 2. The minimum Gasteiger partial charge on any atom is -0.465 e. The van der Waals surface area contributed by atoms with Crippen molar-refractivity contribution in [1.29, 1.82) is 0 Å². The van der Waals surface area contributed by atoms with Crippen molar-refractivity contribution in [3.05, 3.63) is 53.7 Å². The van der Waals surface area contributed by atoms with E-state index >= 15 is 0 Å². The number of benzene rings is 1. The molecule has 0 aliphatic carbocycles. The van der Waals surface area contributed by atoms with Gasteiger partial charge >= 0.3 is 0 Å². The van der Waals surface area contributed by atoms with E-state index in [4.69, 9.17) is 9.40 Å². The van der Waals surface area contributed by atoms with Crippen LogP contribution in [0.1, 0.15) is 37.1 Å². The van der Waals surface area contributed by atoms with Gasteiger partial charge in [-0.05, 0) is 77.0 Å². The molecule has 1 aromatic carbocycles. The van der Waals surface area contributed by atoms with Crippen LogP contribution in [0.3, 0.4) is 0 Å². The summed E-state index contributed by atoms with van der Waals surface area (Å²) in [7, 11) is 2.23. The van der Waals surface area contributed by atoms with E-state index in [2.05, 4.69) is 64.7 Å². The lowest BCUT2D eigenvalue weighted by molar-refractivity contribution is 0.138. The van der Waals surface area contributed by atoms with Gasteiger partial charge in [0.05, 0.1) is 24.1 Å². The maximum Gasteiger partial charge on any atom is 0.124 e. The van der Waals surface area contributed by atoms with E-state index in [1.807, 2.05) is 6.92 Å². The number of rotatable bonds is 7. The summed E-state index contributed by atoms with van der Waals surface area (Å²) < 4.78 is 8.08. The van der Waals surface area contributed by atoms with Gasteiger partial charge in [-0.25, -0.2) is 4.98 Å². The molecule has 5 nitrogen and oxygen atoms in total. The molecule has 0 radical (unpaired) electrons. The van der Waals surface area contributed by atoms with Crippen LogP contribution in [0.2, 0.25) is 0 Å². The molecule has 150 valence electrons. The van der Waals surface area contributed by atoms with Crippen LogP contribution in [0.5, 0.6) is 0 Å².